The van der Waals surface area contributed by atoms with Gasteiger partial charge in [-0.15, -0.1) is 13.2 Å². The van der Waals surface area contributed by atoms with Crippen LogP contribution in [0.2, 0.25) is 0 Å². The van der Waals surface area contributed by atoms with E-state index in [0.717, 1.165) is 29.2 Å². The summed E-state index contributed by atoms with van der Waals surface area (Å²) in [5.74, 6) is -1.25. The third-order valence-electron chi connectivity index (χ3n) is 3.16. The molecular formula is C17H13BrF3NO4S. The van der Waals surface area contributed by atoms with Crippen LogP contribution in [0.3, 0.4) is 0 Å². The van der Waals surface area contributed by atoms with Crippen LogP contribution in [0.5, 0.6) is 5.75 Å². The molecule has 0 aliphatic heterocycles. The van der Waals surface area contributed by atoms with Crippen LogP contribution in [0.25, 0.3) is 6.08 Å². The topological polar surface area (TPSA) is 72.5 Å². The number of carbonyl (C=O) groups excluding carboxylic acids is 1. The maximum absolute atomic E-state index is 12.1. The quantitative estimate of drug-likeness (QED) is 0.713. The van der Waals surface area contributed by atoms with Gasteiger partial charge < -0.3 is 4.74 Å². The fraction of sp³-hybridized carbons (Fsp3) is 0.118. The SMILES string of the molecule is Cc1ccc(C(=O)NS(=O)(=O)C=Cc2ccc(OC(F)(F)F)cc2)c(Br)c1. The second-order valence-electron chi connectivity index (χ2n) is 5.38. The summed E-state index contributed by atoms with van der Waals surface area (Å²) in [6.45, 7) is 1.82. The Balaban J connectivity index is 2.08. The lowest BCUT2D eigenvalue weighted by atomic mass is 10.1. The molecule has 5 nitrogen and oxygen atoms in total. The van der Waals surface area contributed by atoms with E-state index in [1.165, 1.54) is 18.2 Å². The van der Waals surface area contributed by atoms with Gasteiger partial charge >= 0.3 is 6.36 Å². The van der Waals surface area contributed by atoms with Crippen molar-refractivity contribution in [3.8, 4) is 5.75 Å². The summed E-state index contributed by atoms with van der Waals surface area (Å²) in [5, 5.41) is 0.743. The molecule has 0 aromatic heterocycles. The number of nitrogens with one attached hydrogen (secondary N) is 1. The zero-order chi connectivity index (χ0) is 20.2. The number of rotatable bonds is 5. The van der Waals surface area contributed by atoms with E-state index in [-0.39, 0.29) is 5.56 Å². The number of halogens is 4. The number of benzene rings is 2. The Morgan fingerprint density at radius 2 is 1.78 bits per heavy atom. The summed E-state index contributed by atoms with van der Waals surface area (Å²) in [5.41, 5.74) is 1.34. The molecule has 0 spiro atoms. The first-order valence-corrected chi connectivity index (χ1v) is 9.66. The van der Waals surface area contributed by atoms with E-state index < -0.39 is 28.0 Å². The van der Waals surface area contributed by atoms with Crippen LogP contribution in [-0.2, 0) is 10.0 Å². The molecule has 0 saturated heterocycles. The van der Waals surface area contributed by atoms with Crippen molar-refractivity contribution >= 4 is 37.9 Å². The van der Waals surface area contributed by atoms with Gasteiger partial charge in [0.25, 0.3) is 15.9 Å². The Morgan fingerprint density at radius 3 is 2.33 bits per heavy atom. The predicted octanol–water partition coefficient (Wildman–Crippen LogP) is 4.39. The largest absolute Gasteiger partial charge is 0.573 e. The molecule has 144 valence electrons. The lowest BCUT2D eigenvalue weighted by Gasteiger charge is -2.08. The molecule has 0 fully saturated rings. The second kappa shape index (κ2) is 8.13. The van der Waals surface area contributed by atoms with Crippen molar-refractivity contribution in [2.45, 2.75) is 13.3 Å². The van der Waals surface area contributed by atoms with Crippen molar-refractivity contribution in [1.82, 2.24) is 4.72 Å². The number of amides is 1. The minimum Gasteiger partial charge on any atom is -0.406 e. The minimum absolute atomic E-state index is 0.145. The van der Waals surface area contributed by atoms with Gasteiger partial charge in [-0.1, -0.05) is 18.2 Å². The first kappa shape index (κ1) is 21.0. The Labute approximate surface area is 162 Å². The van der Waals surface area contributed by atoms with Gasteiger partial charge in [-0.05, 0) is 64.3 Å². The van der Waals surface area contributed by atoms with Gasteiger partial charge in [-0.2, -0.15) is 0 Å². The van der Waals surface area contributed by atoms with Crippen molar-refractivity contribution in [2.24, 2.45) is 0 Å². The molecule has 0 heterocycles. The van der Waals surface area contributed by atoms with Crippen LogP contribution in [0, 0.1) is 6.92 Å². The number of alkyl halides is 3. The Bertz CT molecular complexity index is 971. The number of hydrogen-bond acceptors (Lipinski definition) is 4. The Kier molecular flexibility index (Phi) is 6.32. The summed E-state index contributed by atoms with van der Waals surface area (Å²) in [7, 11) is -4.11. The number of sulfonamides is 1. The molecule has 0 aliphatic carbocycles. The molecular weight excluding hydrogens is 451 g/mol. The summed E-state index contributed by atoms with van der Waals surface area (Å²) in [6, 6.07) is 9.38. The summed E-state index contributed by atoms with van der Waals surface area (Å²) >= 11 is 3.19. The van der Waals surface area contributed by atoms with Crippen molar-refractivity contribution in [3.05, 3.63) is 69.0 Å². The van der Waals surface area contributed by atoms with E-state index in [1.807, 2.05) is 11.6 Å². The zero-order valence-corrected chi connectivity index (χ0v) is 16.2. The normalized spacial score (nSPS) is 12.2. The van der Waals surface area contributed by atoms with Gasteiger partial charge in [0, 0.05) is 4.47 Å². The first-order valence-electron chi connectivity index (χ1n) is 7.32. The summed E-state index contributed by atoms with van der Waals surface area (Å²) in [6.07, 6.45) is -3.67. The molecule has 1 N–H and O–H groups in total. The van der Waals surface area contributed by atoms with Crippen molar-refractivity contribution in [2.75, 3.05) is 0 Å². The molecule has 0 bridgehead atoms. The average molecular weight is 464 g/mol. The average Bonchev–Trinajstić information content (AvgIpc) is 2.52. The van der Waals surface area contributed by atoms with E-state index in [1.54, 1.807) is 12.1 Å². The summed E-state index contributed by atoms with van der Waals surface area (Å²) in [4.78, 5) is 12.1. The molecule has 10 heteroatoms. The van der Waals surface area contributed by atoms with E-state index in [9.17, 15) is 26.4 Å². The van der Waals surface area contributed by atoms with E-state index in [4.69, 9.17) is 0 Å². The minimum atomic E-state index is -4.81. The van der Waals surface area contributed by atoms with Crippen LogP contribution < -0.4 is 9.46 Å². The lowest BCUT2D eigenvalue weighted by Crippen LogP contribution is -2.29. The van der Waals surface area contributed by atoms with Crippen LogP contribution in [0.15, 0.2) is 52.3 Å². The Morgan fingerprint density at radius 1 is 1.15 bits per heavy atom. The van der Waals surface area contributed by atoms with Crippen molar-refractivity contribution in [1.29, 1.82) is 0 Å². The van der Waals surface area contributed by atoms with Gasteiger partial charge in [-0.3, -0.25) is 4.79 Å². The fourth-order valence-corrected chi connectivity index (χ4v) is 3.42. The number of ether oxygens (including phenoxy) is 1. The lowest BCUT2D eigenvalue weighted by molar-refractivity contribution is -0.274. The van der Waals surface area contributed by atoms with Crippen LogP contribution in [0.1, 0.15) is 21.5 Å². The molecule has 2 rings (SSSR count). The van der Waals surface area contributed by atoms with E-state index >= 15 is 0 Å². The maximum Gasteiger partial charge on any atom is 0.573 e. The first-order chi connectivity index (χ1) is 12.5. The maximum atomic E-state index is 12.1. The third kappa shape index (κ3) is 6.72. The number of hydrogen-bond donors (Lipinski definition) is 1. The van der Waals surface area contributed by atoms with Gasteiger partial charge in [0.05, 0.1) is 11.0 Å². The van der Waals surface area contributed by atoms with Crippen LogP contribution in [-0.4, -0.2) is 20.7 Å². The molecule has 0 saturated carbocycles. The van der Waals surface area contributed by atoms with Gasteiger partial charge in [-0.25, -0.2) is 13.1 Å². The molecule has 2 aromatic carbocycles. The number of carbonyl (C=O) groups is 1. The van der Waals surface area contributed by atoms with Crippen molar-refractivity contribution < 1.29 is 31.1 Å². The standard InChI is InChI=1S/C17H13BrF3NO4S/c1-11-2-7-14(15(18)10-11)16(23)22-27(24,25)9-8-12-3-5-13(6-4-12)26-17(19,20)21/h2-10H,1H3,(H,22,23). The van der Waals surface area contributed by atoms with Gasteiger partial charge in [0.2, 0.25) is 0 Å². The molecule has 0 radical (unpaired) electrons. The highest BCUT2D eigenvalue weighted by Crippen LogP contribution is 2.23. The summed E-state index contributed by atoms with van der Waals surface area (Å²) < 4.78 is 66.4. The molecule has 2 aromatic rings. The highest BCUT2D eigenvalue weighted by molar-refractivity contribution is 9.10. The molecule has 0 atom stereocenters. The molecule has 0 unspecified atom stereocenters. The predicted molar refractivity (Wildman–Crippen MR) is 97.4 cm³/mol. The number of aryl methyl sites for hydroxylation is 1. The van der Waals surface area contributed by atoms with E-state index in [0.29, 0.717) is 10.0 Å². The van der Waals surface area contributed by atoms with Gasteiger partial charge in [0.15, 0.2) is 0 Å². The fourth-order valence-electron chi connectivity index (χ4n) is 1.97. The zero-order valence-electron chi connectivity index (χ0n) is 13.7. The van der Waals surface area contributed by atoms with Crippen LogP contribution >= 0.6 is 15.9 Å². The smallest absolute Gasteiger partial charge is 0.406 e. The highest BCUT2D eigenvalue weighted by atomic mass is 79.9. The third-order valence-corrected chi connectivity index (χ3v) is 4.78. The molecule has 1 amide bonds. The van der Waals surface area contributed by atoms with Gasteiger partial charge in [0.1, 0.15) is 5.75 Å². The monoisotopic (exact) mass is 463 g/mol. The molecule has 27 heavy (non-hydrogen) atoms. The van der Waals surface area contributed by atoms with Crippen LogP contribution in [0.4, 0.5) is 13.2 Å². The van der Waals surface area contributed by atoms with Crippen molar-refractivity contribution in [3.63, 3.8) is 0 Å². The molecule has 0 aliphatic rings. The Hall–Kier alpha value is -2.33. The highest BCUT2D eigenvalue weighted by Gasteiger charge is 2.30. The second-order valence-corrected chi connectivity index (χ2v) is 7.80. The van der Waals surface area contributed by atoms with E-state index in [2.05, 4.69) is 20.7 Å².